The molecule has 0 bridgehead atoms. The van der Waals surface area contributed by atoms with E-state index in [1.165, 1.54) is 5.56 Å². The van der Waals surface area contributed by atoms with Crippen LogP contribution in [0, 0.1) is 5.41 Å². The number of nitrogens with one attached hydrogen (secondary N) is 2. The van der Waals surface area contributed by atoms with Crippen LogP contribution in [0.2, 0.25) is 0 Å². The molecule has 1 aromatic carbocycles. The fourth-order valence-corrected chi connectivity index (χ4v) is 2.22. The fourth-order valence-electron chi connectivity index (χ4n) is 2.22. The molecular formula is C20H35IN4O2. The molecule has 2 N–H and O–H groups in total. The molecule has 0 saturated carbocycles. The first kappa shape index (κ1) is 25.6. The standard InChI is InChI=1S/C20H34N4O2.HI/c1-20(2,12-14-26-5)16-23-19(22-15-18(25)24(3)4)21-13-11-17-9-7-6-8-10-17;/h6-10H,11-16H2,1-5H3,(H2,21,22,23);1H. The lowest BCUT2D eigenvalue weighted by Crippen LogP contribution is -2.43. The molecule has 0 aliphatic rings. The third-order valence-corrected chi connectivity index (χ3v) is 4.14. The molecule has 0 saturated heterocycles. The van der Waals surface area contributed by atoms with Crippen molar-refractivity contribution < 1.29 is 9.53 Å². The second-order valence-corrected chi connectivity index (χ2v) is 7.38. The van der Waals surface area contributed by atoms with Gasteiger partial charge in [0.2, 0.25) is 5.91 Å². The van der Waals surface area contributed by atoms with Crippen LogP contribution in [0.3, 0.4) is 0 Å². The highest BCUT2D eigenvalue weighted by molar-refractivity contribution is 14.0. The lowest BCUT2D eigenvalue weighted by Gasteiger charge is -2.26. The number of likely N-dealkylation sites (N-methyl/N-ethyl adjacent to an activating group) is 1. The average Bonchev–Trinajstić information content (AvgIpc) is 2.62. The number of ether oxygens (including phenoxy) is 1. The fraction of sp³-hybridized carbons (Fsp3) is 0.600. The molecule has 0 radical (unpaired) electrons. The minimum absolute atomic E-state index is 0. The summed E-state index contributed by atoms with van der Waals surface area (Å²) in [5.74, 6) is 0.648. The van der Waals surface area contributed by atoms with E-state index in [1.807, 2.05) is 18.2 Å². The van der Waals surface area contributed by atoms with E-state index in [4.69, 9.17) is 4.74 Å². The third kappa shape index (κ3) is 11.9. The molecule has 0 heterocycles. The van der Waals surface area contributed by atoms with Crippen LogP contribution in [0.4, 0.5) is 0 Å². The van der Waals surface area contributed by atoms with Gasteiger partial charge in [-0.25, -0.2) is 4.99 Å². The first-order chi connectivity index (χ1) is 12.3. The van der Waals surface area contributed by atoms with E-state index in [-0.39, 0.29) is 41.8 Å². The van der Waals surface area contributed by atoms with Gasteiger partial charge >= 0.3 is 0 Å². The number of carbonyl (C=O) groups is 1. The largest absolute Gasteiger partial charge is 0.385 e. The van der Waals surface area contributed by atoms with E-state index in [2.05, 4.69) is 41.6 Å². The van der Waals surface area contributed by atoms with Gasteiger partial charge in [0.1, 0.15) is 6.54 Å². The highest BCUT2D eigenvalue weighted by atomic mass is 127. The Morgan fingerprint density at radius 2 is 1.85 bits per heavy atom. The van der Waals surface area contributed by atoms with E-state index in [0.717, 1.165) is 32.5 Å². The molecule has 0 aliphatic heterocycles. The molecule has 27 heavy (non-hydrogen) atoms. The molecule has 0 atom stereocenters. The molecule has 154 valence electrons. The summed E-state index contributed by atoms with van der Waals surface area (Å²) in [5, 5.41) is 6.69. The molecule has 0 fully saturated rings. The van der Waals surface area contributed by atoms with Crippen molar-refractivity contribution in [2.45, 2.75) is 26.7 Å². The second-order valence-electron chi connectivity index (χ2n) is 7.38. The number of carbonyl (C=O) groups excluding carboxylic acids is 1. The SMILES string of the molecule is COCCC(C)(C)CNC(=NCC(=O)N(C)C)NCCc1ccccc1.I. The van der Waals surface area contributed by atoms with Gasteiger partial charge in [0, 0.05) is 40.9 Å². The van der Waals surface area contributed by atoms with Gasteiger partial charge in [-0.05, 0) is 23.8 Å². The van der Waals surface area contributed by atoms with Crippen molar-refractivity contribution in [1.29, 1.82) is 0 Å². The van der Waals surface area contributed by atoms with Crippen LogP contribution < -0.4 is 10.6 Å². The Balaban J connectivity index is 0.00000676. The Bertz CT molecular complexity index is 562. The normalized spacial score (nSPS) is 11.5. The zero-order chi connectivity index (χ0) is 19.4. The summed E-state index contributed by atoms with van der Waals surface area (Å²) in [5.41, 5.74) is 1.34. The van der Waals surface area contributed by atoms with Gasteiger partial charge in [-0.15, -0.1) is 24.0 Å². The van der Waals surface area contributed by atoms with Crippen LogP contribution in [0.5, 0.6) is 0 Å². The van der Waals surface area contributed by atoms with E-state index < -0.39 is 0 Å². The molecule has 6 nitrogen and oxygen atoms in total. The Hall–Kier alpha value is -1.35. The predicted molar refractivity (Wildman–Crippen MR) is 123 cm³/mol. The number of benzene rings is 1. The number of guanidine groups is 1. The number of hydrogen-bond acceptors (Lipinski definition) is 3. The molecule has 1 rings (SSSR count). The lowest BCUT2D eigenvalue weighted by molar-refractivity contribution is -0.127. The number of methoxy groups -OCH3 is 1. The van der Waals surface area contributed by atoms with Crippen molar-refractivity contribution >= 4 is 35.8 Å². The number of rotatable bonds is 10. The van der Waals surface area contributed by atoms with Gasteiger partial charge in [-0.3, -0.25) is 4.79 Å². The van der Waals surface area contributed by atoms with Crippen molar-refractivity contribution in [2.24, 2.45) is 10.4 Å². The number of aliphatic imine (C=N–C) groups is 1. The minimum Gasteiger partial charge on any atom is -0.385 e. The quantitative estimate of drug-likeness (QED) is 0.301. The second kappa shape index (κ2) is 13.8. The summed E-state index contributed by atoms with van der Waals surface area (Å²) in [4.78, 5) is 17.8. The van der Waals surface area contributed by atoms with E-state index >= 15 is 0 Å². The molecule has 0 aromatic heterocycles. The summed E-state index contributed by atoms with van der Waals surface area (Å²) in [7, 11) is 5.19. The summed E-state index contributed by atoms with van der Waals surface area (Å²) < 4.78 is 5.18. The van der Waals surface area contributed by atoms with Crippen molar-refractivity contribution in [3.63, 3.8) is 0 Å². The number of nitrogens with zero attached hydrogens (tertiary/aromatic N) is 2. The van der Waals surface area contributed by atoms with Crippen LogP contribution in [0.25, 0.3) is 0 Å². The first-order valence-electron chi connectivity index (χ1n) is 9.09. The average molecular weight is 490 g/mol. The van der Waals surface area contributed by atoms with Crippen molar-refractivity contribution in [1.82, 2.24) is 15.5 Å². The Labute approximate surface area is 181 Å². The van der Waals surface area contributed by atoms with Gasteiger partial charge in [0.15, 0.2) is 5.96 Å². The van der Waals surface area contributed by atoms with E-state index in [1.54, 1.807) is 26.1 Å². The topological polar surface area (TPSA) is 66.0 Å². The molecule has 0 aliphatic carbocycles. The highest BCUT2D eigenvalue weighted by Gasteiger charge is 2.18. The molecular weight excluding hydrogens is 455 g/mol. The summed E-state index contributed by atoms with van der Waals surface area (Å²) >= 11 is 0. The third-order valence-electron chi connectivity index (χ3n) is 4.14. The summed E-state index contributed by atoms with van der Waals surface area (Å²) in [6, 6.07) is 10.3. The predicted octanol–water partition coefficient (Wildman–Crippen LogP) is 2.53. The first-order valence-corrected chi connectivity index (χ1v) is 9.09. The number of hydrogen-bond donors (Lipinski definition) is 2. The van der Waals surface area contributed by atoms with Gasteiger partial charge in [-0.1, -0.05) is 44.2 Å². The Morgan fingerprint density at radius 3 is 2.44 bits per heavy atom. The maximum Gasteiger partial charge on any atom is 0.243 e. The van der Waals surface area contributed by atoms with Crippen molar-refractivity contribution in [2.75, 3.05) is 47.4 Å². The smallest absolute Gasteiger partial charge is 0.243 e. The van der Waals surface area contributed by atoms with Gasteiger partial charge in [0.05, 0.1) is 0 Å². The monoisotopic (exact) mass is 490 g/mol. The van der Waals surface area contributed by atoms with Crippen molar-refractivity contribution in [3.8, 4) is 0 Å². The highest BCUT2D eigenvalue weighted by Crippen LogP contribution is 2.18. The molecule has 0 unspecified atom stereocenters. The maximum atomic E-state index is 11.8. The van der Waals surface area contributed by atoms with Crippen LogP contribution in [0.15, 0.2) is 35.3 Å². The molecule has 7 heteroatoms. The van der Waals surface area contributed by atoms with Crippen LogP contribution >= 0.6 is 24.0 Å². The minimum atomic E-state index is -0.0206. The Morgan fingerprint density at radius 1 is 1.19 bits per heavy atom. The molecule has 1 amide bonds. The summed E-state index contributed by atoms with van der Waals surface area (Å²) in [6.45, 7) is 6.74. The summed E-state index contributed by atoms with van der Waals surface area (Å²) in [6.07, 6.45) is 1.85. The Kier molecular flexibility index (Phi) is 13.1. The van der Waals surface area contributed by atoms with Gasteiger partial charge in [0.25, 0.3) is 0 Å². The van der Waals surface area contributed by atoms with Crippen LogP contribution in [0.1, 0.15) is 25.8 Å². The van der Waals surface area contributed by atoms with Crippen LogP contribution in [-0.4, -0.2) is 64.2 Å². The zero-order valence-electron chi connectivity index (χ0n) is 17.2. The maximum absolute atomic E-state index is 11.8. The number of amides is 1. The van der Waals surface area contributed by atoms with Crippen molar-refractivity contribution in [3.05, 3.63) is 35.9 Å². The van der Waals surface area contributed by atoms with Crippen LogP contribution in [-0.2, 0) is 16.0 Å². The molecule has 0 spiro atoms. The number of halogens is 1. The molecule has 1 aromatic rings. The van der Waals surface area contributed by atoms with Gasteiger partial charge in [-0.2, -0.15) is 0 Å². The van der Waals surface area contributed by atoms with E-state index in [9.17, 15) is 4.79 Å². The zero-order valence-corrected chi connectivity index (χ0v) is 19.6. The van der Waals surface area contributed by atoms with Gasteiger partial charge < -0.3 is 20.3 Å². The lowest BCUT2D eigenvalue weighted by atomic mass is 9.90. The van der Waals surface area contributed by atoms with E-state index in [0.29, 0.717) is 5.96 Å².